The topological polar surface area (TPSA) is 26.3 Å². The average molecular weight is 202 g/mol. The summed E-state index contributed by atoms with van der Waals surface area (Å²) >= 11 is 0. The molecule has 0 bridgehead atoms. The first kappa shape index (κ1) is 9.97. The van der Waals surface area contributed by atoms with Crippen LogP contribution < -0.4 is 0 Å². The second-order valence-electron chi connectivity index (χ2n) is 3.75. The van der Waals surface area contributed by atoms with Crippen molar-refractivity contribution in [3.8, 4) is 0 Å². The molecule has 2 heteroatoms. The lowest BCUT2D eigenvalue weighted by Gasteiger charge is -2.19. The highest BCUT2D eigenvalue weighted by molar-refractivity contribution is 5.94. The van der Waals surface area contributed by atoms with Gasteiger partial charge < -0.3 is 4.74 Å². The zero-order valence-electron chi connectivity index (χ0n) is 8.77. The zero-order chi connectivity index (χ0) is 10.7. The first-order valence-corrected chi connectivity index (χ1v) is 5.19. The summed E-state index contributed by atoms with van der Waals surface area (Å²) in [6, 6.07) is 7.67. The number of ether oxygens (including phenoxy) is 1. The highest BCUT2D eigenvalue weighted by atomic mass is 16.5. The van der Waals surface area contributed by atoms with E-state index >= 15 is 0 Å². The van der Waals surface area contributed by atoms with Gasteiger partial charge in [-0.05, 0) is 31.4 Å². The van der Waals surface area contributed by atoms with Crippen molar-refractivity contribution in [1.29, 1.82) is 0 Å². The Bertz CT molecular complexity index is 376. The largest absolute Gasteiger partial charge is 0.494 e. The van der Waals surface area contributed by atoms with Crippen molar-refractivity contribution in [3.63, 3.8) is 0 Å². The number of hydrogen-bond acceptors (Lipinski definition) is 2. The van der Waals surface area contributed by atoms with Gasteiger partial charge in [0, 0.05) is 5.56 Å². The molecule has 0 aromatic heterocycles. The maximum Gasteiger partial charge on any atom is 0.159 e. The van der Waals surface area contributed by atoms with Crippen molar-refractivity contribution in [2.24, 2.45) is 0 Å². The number of allylic oxidation sites excluding steroid dienone is 1. The van der Waals surface area contributed by atoms with Gasteiger partial charge in [0.05, 0.1) is 6.26 Å². The van der Waals surface area contributed by atoms with Crippen LogP contribution in [0, 0.1) is 0 Å². The molecule has 2 rings (SSSR count). The summed E-state index contributed by atoms with van der Waals surface area (Å²) in [4.78, 5) is 11.1. The van der Waals surface area contributed by atoms with Crippen LogP contribution in [0.1, 0.15) is 41.8 Å². The fraction of sp³-hybridized carbons (Fsp3) is 0.308. The summed E-state index contributed by atoms with van der Waals surface area (Å²) in [5.41, 5.74) is 1.90. The molecular formula is C13H14O2. The molecule has 1 unspecified atom stereocenters. The van der Waals surface area contributed by atoms with Crippen molar-refractivity contribution in [2.45, 2.75) is 25.9 Å². The van der Waals surface area contributed by atoms with Crippen LogP contribution in [0.2, 0.25) is 0 Å². The van der Waals surface area contributed by atoms with Crippen molar-refractivity contribution < 1.29 is 9.53 Å². The quantitative estimate of drug-likeness (QED) is 0.688. The third kappa shape index (κ3) is 2.27. The van der Waals surface area contributed by atoms with E-state index in [1.165, 1.54) is 0 Å². The molecule has 0 saturated carbocycles. The van der Waals surface area contributed by atoms with Gasteiger partial charge >= 0.3 is 0 Å². The van der Waals surface area contributed by atoms with Gasteiger partial charge in [-0.1, -0.05) is 24.3 Å². The van der Waals surface area contributed by atoms with Crippen LogP contribution in [0.4, 0.5) is 0 Å². The van der Waals surface area contributed by atoms with Crippen molar-refractivity contribution >= 4 is 5.78 Å². The molecule has 0 radical (unpaired) electrons. The van der Waals surface area contributed by atoms with E-state index in [2.05, 4.69) is 0 Å². The fourth-order valence-corrected chi connectivity index (χ4v) is 1.71. The van der Waals surface area contributed by atoms with E-state index in [0.29, 0.717) is 0 Å². The molecule has 0 amide bonds. The normalized spacial score (nSPS) is 19.7. The Hall–Kier alpha value is -1.57. The molecule has 0 fully saturated rings. The third-order valence-electron chi connectivity index (χ3n) is 2.62. The van der Waals surface area contributed by atoms with Gasteiger partial charge in [0.1, 0.15) is 6.10 Å². The summed E-state index contributed by atoms with van der Waals surface area (Å²) in [6.07, 6.45) is 6.00. The Morgan fingerprint density at radius 3 is 2.60 bits per heavy atom. The van der Waals surface area contributed by atoms with Gasteiger partial charge in [-0.25, -0.2) is 0 Å². The van der Waals surface area contributed by atoms with Crippen molar-refractivity contribution in [2.75, 3.05) is 0 Å². The maximum atomic E-state index is 11.1. The van der Waals surface area contributed by atoms with Crippen LogP contribution in [-0.2, 0) is 4.74 Å². The van der Waals surface area contributed by atoms with Gasteiger partial charge in [-0.2, -0.15) is 0 Å². The Labute approximate surface area is 89.6 Å². The highest BCUT2D eigenvalue weighted by Gasteiger charge is 2.13. The molecule has 0 aliphatic carbocycles. The van der Waals surface area contributed by atoms with Crippen LogP contribution in [0.25, 0.3) is 0 Å². The van der Waals surface area contributed by atoms with Gasteiger partial charge in [0.25, 0.3) is 0 Å². The first-order chi connectivity index (χ1) is 7.27. The summed E-state index contributed by atoms with van der Waals surface area (Å²) in [6.45, 7) is 1.58. The molecule has 1 atom stereocenters. The van der Waals surface area contributed by atoms with Crippen LogP contribution in [0.3, 0.4) is 0 Å². The Kier molecular flexibility index (Phi) is 2.86. The van der Waals surface area contributed by atoms with Gasteiger partial charge in [-0.15, -0.1) is 0 Å². The summed E-state index contributed by atoms with van der Waals surface area (Å²) in [7, 11) is 0. The smallest absolute Gasteiger partial charge is 0.159 e. The molecule has 15 heavy (non-hydrogen) atoms. The second-order valence-corrected chi connectivity index (χ2v) is 3.75. The van der Waals surface area contributed by atoms with E-state index in [9.17, 15) is 4.79 Å². The Morgan fingerprint density at radius 1 is 1.33 bits per heavy atom. The minimum atomic E-state index is 0.103. The van der Waals surface area contributed by atoms with Crippen LogP contribution >= 0.6 is 0 Å². The number of carbonyl (C=O) groups excluding carboxylic acids is 1. The minimum Gasteiger partial charge on any atom is -0.494 e. The van der Waals surface area contributed by atoms with Crippen LogP contribution in [0.15, 0.2) is 36.6 Å². The fourth-order valence-electron chi connectivity index (χ4n) is 1.71. The Morgan fingerprint density at radius 2 is 2.07 bits per heavy atom. The molecule has 0 saturated heterocycles. The monoisotopic (exact) mass is 202 g/mol. The molecule has 1 aromatic rings. The van der Waals surface area contributed by atoms with E-state index in [0.717, 1.165) is 24.0 Å². The van der Waals surface area contributed by atoms with E-state index in [1.807, 2.05) is 30.3 Å². The third-order valence-corrected chi connectivity index (χ3v) is 2.62. The predicted molar refractivity (Wildman–Crippen MR) is 58.6 cm³/mol. The lowest BCUT2D eigenvalue weighted by Crippen LogP contribution is -2.04. The maximum absolute atomic E-state index is 11.1. The molecule has 0 N–H and O–H groups in total. The predicted octanol–water partition coefficient (Wildman–Crippen LogP) is 3.25. The standard InChI is InChI=1S/C13H14O2/c1-10(14)11-5-7-12(8-6-11)13-4-2-3-9-15-13/h3,5-9,13H,2,4H2,1H3. The average Bonchev–Trinajstić information content (AvgIpc) is 2.30. The number of benzene rings is 1. The second kappa shape index (κ2) is 4.30. The number of rotatable bonds is 2. The minimum absolute atomic E-state index is 0.103. The SMILES string of the molecule is CC(=O)c1ccc(C2CCC=CO2)cc1. The first-order valence-electron chi connectivity index (χ1n) is 5.19. The van der Waals surface area contributed by atoms with Gasteiger partial charge in [-0.3, -0.25) is 4.79 Å². The van der Waals surface area contributed by atoms with Crippen molar-refractivity contribution in [3.05, 3.63) is 47.7 Å². The van der Waals surface area contributed by atoms with Crippen LogP contribution in [0.5, 0.6) is 0 Å². The lowest BCUT2D eigenvalue weighted by atomic mass is 10.0. The molecular weight excluding hydrogens is 188 g/mol. The van der Waals surface area contributed by atoms with E-state index < -0.39 is 0 Å². The molecule has 1 aliphatic rings. The zero-order valence-corrected chi connectivity index (χ0v) is 8.77. The number of ketones is 1. The molecule has 1 aromatic carbocycles. The molecule has 2 nitrogen and oxygen atoms in total. The number of hydrogen-bond donors (Lipinski definition) is 0. The lowest BCUT2D eigenvalue weighted by molar-refractivity contribution is 0.101. The van der Waals surface area contributed by atoms with Gasteiger partial charge in [0.2, 0.25) is 0 Å². The van der Waals surface area contributed by atoms with Crippen molar-refractivity contribution in [1.82, 2.24) is 0 Å². The Balaban J connectivity index is 2.16. The van der Waals surface area contributed by atoms with E-state index in [1.54, 1.807) is 13.2 Å². The van der Waals surface area contributed by atoms with E-state index in [4.69, 9.17) is 4.74 Å². The molecule has 1 heterocycles. The summed E-state index contributed by atoms with van der Waals surface area (Å²) in [5, 5.41) is 0. The molecule has 0 spiro atoms. The summed E-state index contributed by atoms with van der Waals surface area (Å²) < 4.78 is 5.50. The van der Waals surface area contributed by atoms with Gasteiger partial charge in [0.15, 0.2) is 5.78 Å². The van der Waals surface area contributed by atoms with E-state index in [-0.39, 0.29) is 11.9 Å². The summed E-state index contributed by atoms with van der Waals surface area (Å²) in [5.74, 6) is 0.103. The molecule has 78 valence electrons. The molecule has 1 aliphatic heterocycles. The van der Waals surface area contributed by atoms with Crippen LogP contribution in [-0.4, -0.2) is 5.78 Å². The highest BCUT2D eigenvalue weighted by Crippen LogP contribution is 2.26. The number of Topliss-reactive ketones (excluding diaryl/α,β-unsaturated/α-hetero) is 1. The number of carbonyl (C=O) groups is 1.